The lowest BCUT2D eigenvalue weighted by atomic mass is 10.1. The Morgan fingerprint density at radius 3 is 2.82 bits per heavy atom. The molecule has 3 aromatic rings. The highest BCUT2D eigenvalue weighted by atomic mass is 16.5. The highest BCUT2D eigenvalue weighted by Gasteiger charge is 2.40. The van der Waals surface area contributed by atoms with Gasteiger partial charge in [0.1, 0.15) is 36.3 Å². The fraction of sp³-hybridized carbons (Fsp3) is 0.600. The van der Waals surface area contributed by atoms with Gasteiger partial charge in [-0.05, 0) is 71.2 Å². The Kier molecular flexibility index (Phi) is 5.72. The molecule has 1 atom stereocenters. The molecule has 0 radical (unpaired) electrons. The van der Waals surface area contributed by atoms with Crippen LogP contribution in [0, 0.1) is 0 Å². The van der Waals surface area contributed by atoms with E-state index in [0.717, 1.165) is 61.8 Å². The number of likely N-dealkylation sites (tertiary alicyclic amines) is 1. The van der Waals surface area contributed by atoms with Crippen LogP contribution in [0.2, 0.25) is 0 Å². The molecule has 9 nitrogen and oxygen atoms in total. The zero-order valence-electron chi connectivity index (χ0n) is 20.5. The number of H-pyrrole nitrogens is 1. The van der Waals surface area contributed by atoms with Crippen LogP contribution in [0.4, 0.5) is 0 Å². The van der Waals surface area contributed by atoms with Crippen molar-refractivity contribution in [2.24, 2.45) is 7.05 Å². The van der Waals surface area contributed by atoms with Crippen LogP contribution in [0.15, 0.2) is 29.2 Å². The number of ether oxygens (including phenoxy) is 1. The standard InChI is InChI=1S/C25H35N6O3/c1-24(2,33)16-30-12-5-6-17(9-13-30)31-15-21(28-29(4)23(31)32)22-19-14-18(34-25(3)10-11-25)7-8-20(19)26-27-22/h7-8,14-15,17,33H,5-6,9-13,16H2,1-4H3,(H,26,27)/q+1. The van der Waals surface area contributed by atoms with Gasteiger partial charge in [0.25, 0.3) is 0 Å². The van der Waals surface area contributed by atoms with Crippen molar-refractivity contribution in [3.05, 3.63) is 34.9 Å². The van der Waals surface area contributed by atoms with Crippen LogP contribution in [-0.4, -0.2) is 60.8 Å². The fourth-order valence-electron chi connectivity index (χ4n) is 4.89. The average molecular weight is 468 g/mol. The van der Waals surface area contributed by atoms with E-state index >= 15 is 0 Å². The number of aryl methyl sites for hydroxylation is 1. The number of nitrogens with one attached hydrogen (secondary N) is 1. The van der Waals surface area contributed by atoms with Gasteiger partial charge in [0.2, 0.25) is 0 Å². The summed E-state index contributed by atoms with van der Waals surface area (Å²) in [6.45, 7) is 8.20. The fourth-order valence-corrected chi connectivity index (χ4v) is 4.89. The van der Waals surface area contributed by atoms with E-state index in [0.29, 0.717) is 17.9 Å². The second-order valence-corrected chi connectivity index (χ2v) is 10.8. The number of β-amino-alcohol motifs (C(OH)–C–C–N with tert-alkyl or cyclic N) is 1. The Bertz CT molecular complexity index is 1250. The number of benzene rings is 1. The van der Waals surface area contributed by atoms with Gasteiger partial charge < -0.3 is 14.7 Å². The summed E-state index contributed by atoms with van der Waals surface area (Å²) in [5.41, 5.74) is 1.35. The Hall–Kier alpha value is -2.78. The average Bonchev–Trinajstić information content (AvgIpc) is 3.41. The number of rotatable bonds is 6. The topological polar surface area (TPSA) is 100 Å². The van der Waals surface area contributed by atoms with E-state index < -0.39 is 5.60 Å². The quantitative estimate of drug-likeness (QED) is 0.540. The molecule has 1 aliphatic carbocycles. The Morgan fingerprint density at radius 2 is 2.09 bits per heavy atom. The molecule has 34 heavy (non-hydrogen) atoms. The first kappa shape index (κ1) is 23.0. The molecule has 0 amide bonds. The molecule has 1 unspecified atom stereocenters. The molecule has 3 heterocycles. The van der Waals surface area contributed by atoms with E-state index in [1.807, 2.05) is 42.8 Å². The molecule has 2 fully saturated rings. The molecule has 1 saturated carbocycles. The summed E-state index contributed by atoms with van der Waals surface area (Å²) in [6, 6.07) is 6.03. The molecule has 2 aromatic heterocycles. The molecule has 1 aliphatic heterocycles. The third-order valence-corrected chi connectivity index (χ3v) is 6.91. The summed E-state index contributed by atoms with van der Waals surface area (Å²) in [5, 5.41) is 23.3. The molecule has 5 rings (SSSR count). The first-order chi connectivity index (χ1) is 16.1. The predicted octanol–water partition coefficient (Wildman–Crippen LogP) is 2.34. The minimum atomic E-state index is -0.729. The molecule has 1 aromatic carbocycles. The van der Waals surface area contributed by atoms with E-state index in [2.05, 4.69) is 27.1 Å². The van der Waals surface area contributed by atoms with Crippen LogP contribution in [0.1, 0.15) is 58.9 Å². The summed E-state index contributed by atoms with van der Waals surface area (Å²) in [4.78, 5) is 15.3. The van der Waals surface area contributed by atoms with Crippen molar-refractivity contribution >= 4 is 10.9 Å². The second-order valence-electron chi connectivity index (χ2n) is 10.8. The monoisotopic (exact) mass is 467 g/mol. The molecule has 9 heteroatoms. The lowest BCUT2D eigenvalue weighted by molar-refractivity contribution is -0.741. The zero-order valence-corrected chi connectivity index (χ0v) is 20.5. The lowest BCUT2D eigenvalue weighted by Crippen LogP contribution is -2.57. The Balaban J connectivity index is 1.45. The summed E-state index contributed by atoms with van der Waals surface area (Å²) < 4.78 is 9.38. The van der Waals surface area contributed by atoms with Gasteiger partial charge in [-0.3, -0.25) is 5.10 Å². The van der Waals surface area contributed by atoms with Crippen LogP contribution >= 0.6 is 0 Å². The molecule has 2 N–H and O–H groups in total. The first-order valence-electron chi connectivity index (χ1n) is 12.2. The number of aromatic amines is 1. The summed E-state index contributed by atoms with van der Waals surface area (Å²) >= 11 is 0. The highest BCUT2D eigenvalue weighted by Crippen LogP contribution is 2.40. The minimum Gasteiger partial charge on any atom is -0.488 e. The molecule has 1 saturated heterocycles. The van der Waals surface area contributed by atoms with Crippen molar-refractivity contribution in [2.45, 2.75) is 70.1 Å². The summed E-state index contributed by atoms with van der Waals surface area (Å²) in [6.07, 6.45) is 6.71. The van der Waals surface area contributed by atoms with Gasteiger partial charge in [-0.15, -0.1) is 0 Å². The van der Waals surface area contributed by atoms with Crippen molar-refractivity contribution in [3.8, 4) is 17.1 Å². The molecule has 182 valence electrons. The smallest absolute Gasteiger partial charge is 0.488 e. The van der Waals surface area contributed by atoms with Gasteiger partial charge in [0.05, 0.1) is 11.1 Å². The Morgan fingerprint density at radius 1 is 1.29 bits per heavy atom. The third-order valence-electron chi connectivity index (χ3n) is 6.91. The maximum atomic E-state index is 13.1. The number of hydrogen-bond donors (Lipinski definition) is 2. The molecular formula is C25H35N6O3+. The van der Waals surface area contributed by atoms with E-state index in [1.165, 1.54) is 4.68 Å². The van der Waals surface area contributed by atoms with Gasteiger partial charge >= 0.3 is 5.69 Å². The summed E-state index contributed by atoms with van der Waals surface area (Å²) in [7, 11) is 1.69. The van der Waals surface area contributed by atoms with Crippen molar-refractivity contribution in [1.29, 1.82) is 0 Å². The highest BCUT2D eigenvalue weighted by molar-refractivity contribution is 5.92. The van der Waals surface area contributed by atoms with Crippen LogP contribution < -0.4 is 15.0 Å². The van der Waals surface area contributed by atoms with Crippen LogP contribution in [0.25, 0.3) is 22.3 Å². The first-order valence-corrected chi connectivity index (χ1v) is 12.2. The second kappa shape index (κ2) is 8.46. The van der Waals surface area contributed by atoms with Gasteiger partial charge in [-0.2, -0.15) is 14.5 Å². The SMILES string of the molecule is Cn1nc(-c2n[nH]c3ccc(OC4(C)CC4)cc23)c[n+](C2CCCN(CC(C)(C)O)CC2)c1=O. The van der Waals surface area contributed by atoms with Gasteiger partial charge in [-0.25, -0.2) is 0 Å². The number of fused-ring (bicyclic) bond motifs is 1. The van der Waals surface area contributed by atoms with E-state index in [-0.39, 0.29) is 17.3 Å². The lowest BCUT2D eigenvalue weighted by Gasteiger charge is -2.27. The maximum Gasteiger partial charge on any atom is 0.518 e. The third kappa shape index (κ3) is 4.86. The zero-order chi connectivity index (χ0) is 24.1. The maximum absolute atomic E-state index is 13.1. The van der Waals surface area contributed by atoms with E-state index in [1.54, 1.807) is 7.05 Å². The number of hydrogen-bond acceptors (Lipinski definition) is 6. The Labute approximate surface area is 199 Å². The van der Waals surface area contributed by atoms with Gasteiger partial charge in [0.15, 0.2) is 5.69 Å². The number of aromatic nitrogens is 5. The van der Waals surface area contributed by atoms with Crippen LogP contribution in [0.3, 0.4) is 0 Å². The molecule has 0 spiro atoms. The van der Waals surface area contributed by atoms with Crippen LogP contribution in [0.5, 0.6) is 5.75 Å². The number of aliphatic hydroxyl groups is 1. The predicted molar refractivity (Wildman–Crippen MR) is 129 cm³/mol. The van der Waals surface area contributed by atoms with E-state index in [4.69, 9.17) is 4.74 Å². The van der Waals surface area contributed by atoms with Crippen molar-refractivity contribution in [1.82, 2.24) is 24.9 Å². The molecular weight excluding hydrogens is 432 g/mol. The van der Waals surface area contributed by atoms with Crippen molar-refractivity contribution in [3.63, 3.8) is 0 Å². The van der Waals surface area contributed by atoms with Crippen molar-refractivity contribution < 1.29 is 14.4 Å². The largest absolute Gasteiger partial charge is 0.518 e. The van der Waals surface area contributed by atoms with Crippen molar-refractivity contribution in [2.75, 3.05) is 19.6 Å². The minimum absolute atomic E-state index is 0.0614. The number of nitrogens with zero attached hydrogens (tertiary/aromatic N) is 5. The van der Waals surface area contributed by atoms with Gasteiger partial charge in [-0.1, -0.05) is 9.78 Å². The molecule has 2 aliphatic rings. The normalized spacial score (nSPS) is 20.9. The van der Waals surface area contributed by atoms with Gasteiger partial charge in [0, 0.05) is 24.9 Å². The summed E-state index contributed by atoms with van der Waals surface area (Å²) in [5.74, 6) is 0.823. The van der Waals surface area contributed by atoms with Crippen LogP contribution in [-0.2, 0) is 7.05 Å². The van der Waals surface area contributed by atoms with E-state index in [9.17, 15) is 9.90 Å². The molecule has 0 bridgehead atoms.